The first kappa shape index (κ1) is 4.51. The van der Waals surface area contributed by atoms with E-state index in [-0.39, 0.29) is 0 Å². The van der Waals surface area contributed by atoms with Crippen molar-refractivity contribution in [3.8, 4) is 0 Å². The molecule has 0 bridgehead atoms. The second-order valence-electron chi connectivity index (χ2n) is 2.12. The summed E-state index contributed by atoms with van der Waals surface area (Å²) in [6, 6.07) is 0. The molecule has 1 fully saturated rings. The Morgan fingerprint density at radius 2 is 2.00 bits per heavy atom. The van der Waals surface area contributed by atoms with E-state index in [0.717, 1.165) is 11.2 Å². The molecular formula is C5H10S. The van der Waals surface area contributed by atoms with Gasteiger partial charge < -0.3 is 0 Å². The predicted octanol–water partition coefficient (Wildman–Crippen LogP) is 1.71. The first-order valence-electron chi connectivity index (χ1n) is 2.49. The van der Waals surface area contributed by atoms with Crippen LogP contribution < -0.4 is 0 Å². The molecule has 0 amide bonds. The van der Waals surface area contributed by atoms with Crippen LogP contribution >= 0.6 is 12.6 Å². The maximum absolute atomic E-state index is 4.28. The standard InChI is InChI=1S/C5H10S/c1-4-2-3-5(4)6/h4-6H,2-3H2,1H3/t4-,5?/m1/s1. The first-order chi connectivity index (χ1) is 2.80. The molecule has 6 heavy (non-hydrogen) atoms. The smallest absolute Gasteiger partial charge is 0.00425 e. The average Bonchev–Trinajstić information content (AvgIpc) is 1.61. The molecule has 1 rings (SSSR count). The molecule has 0 aromatic heterocycles. The lowest BCUT2D eigenvalue weighted by Gasteiger charge is -2.28. The van der Waals surface area contributed by atoms with E-state index in [1.54, 1.807) is 0 Å². The number of thiol groups is 1. The van der Waals surface area contributed by atoms with Crippen LogP contribution in [-0.2, 0) is 0 Å². The highest BCUT2D eigenvalue weighted by Crippen LogP contribution is 2.30. The predicted molar refractivity (Wildman–Crippen MR) is 31.2 cm³/mol. The van der Waals surface area contributed by atoms with Gasteiger partial charge in [-0.05, 0) is 18.8 Å². The maximum Gasteiger partial charge on any atom is 0.00425 e. The Morgan fingerprint density at radius 3 is 2.00 bits per heavy atom. The summed E-state index contributed by atoms with van der Waals surface area (Å²) >= 11 is 4.28. The fraction of sp³-hybridized carbons (Fsp3) is 1.00. The molecule has 0 saturated heterocycles. The van der Waals surface area contributed by atoms with Crippen molar-refractivity contribution in [1.82, 2.24) is 0 Å². The third-order valence-corrected chi connectivity index (χ3v) is 2.34. The molecule has 0 heterocycles. The minimum Gasteiger partial charge on any atom is -0.176 e. The van der Waals surface area contributed by atoms with E-state index < -0.39 is 0 Å². The highest BCUT2D eigenvalue weighted by molar-refractivity contribution is 7.81. The second kappa shape index (κ2) is 1.45. The summed E-state index contributed by atoms with van der Waals surface area (Å²) in [5.74, 6) is 0.897. The first-order valence-corrected chi connectivity index (χ1v) is 3.00. The molecule has 0 radical (unpaired) electrons. The number of hydrogen-bond donors (Lipinski definition) is 1. The van der Waals surface area contributed by atoms with Crippen LogP contribution in [0.5, 0.6) is 0 Å². The van der Waals surface area contributed by atoms with Crippen LogP contribution in [-0.4, -0.2) is 5.25 Å². The molecule has 0 aromatic rings. The van der Waals surface area contributed by atoms with Crippen molar-refractivity contribution in [2.45, 2.75) is 25.0 Å². The van der Waals surface area contributed by atoms with Crippen LogP contribution in [0.3, 0.4) is 0 Å². The number of hydrogen-bond acceptors (Lipinski definition) is 1. The van der Waals surface area contributed by atoms with Gasteiger partial charge in [-0.25, -0.2) is 0 Å². The van der Waals surface area contributed by atoms with Crippen LogP contribution in [0.2, 0.25) is 0 Å². The monoisotopic (exact) mass is 102 g/mol. The van der Waals surface area contributed by atoms with Gasteiger partial charge in [0, 0.05) is 5.25 Å². The zero-order valence-electron chi connectivity index (χ0n) is 4.02. The third kappa shape index (κ3) is 0.558. The Morgan fingerprint density at radius 1 is 1.50 bits per heavy atom. The molecule has 0 N–H and O–H groups in total. The zero-order valence-corrected chi connectivity index (χ0v) is 4.91. The van der Waals surface area contributed by atoms with Crippen molar-refractivity contribution in [1.29, 1.82) is 0 Å². The summed E-state index contributed by atoms with van der Waals surface area (Å²) in [6.45, 7) is 2.25. The maximum atomic E-state index is 4.28. The van der Waals surface area contributed by atoms with Crippen molar-refractivity contribution >= 4 is 12.6 Å². The summed E-state index contributed by atoms with van der Waals surface area (Å²) in [7, 11) is 0. The molecule has 1 saturated carbocycles. The summed E-state index contributed by atoms with van der Waals surface area (Å²) in [5, 5.41) is 0.727. The summed E-state index contributed by atoms with van der Waals surface area (Å²) in [6.07, 6.45) is 2.73. The fourth-order valence-electron chi connectivity index (χ4n) is 0.649. The van der Waals surface area contributed by atoms with Crippen molar-refractivity contribution in [2.75, 3.05) is 0 Å². The van der Waals surface area contributed by atoms with E-state index in [2.05, 4.69) is 19.6 Å². The topological polar surface area (TPSA) is 0 Å². The van der Waals surface area contributed by atoms with Gasteiger partial charge in [-0.3, -0.25) is 0 Å². The molecule has 1 unspecified atom stereocenters. The van der Waals surface area contributed by atoms with Gasteiger partial charge in [-0.15, -0.1) is 0 Å². The summed E-state index contributed by atoms with van der Waals surface area (Å²) in [4.78, 5) is 0. The van der Waals surface area contributed by atoms with E-state index in [9.17, 15) is 0 Å². The molecule has 0 aromatic carbocycles. The highest BCUT2D eigenvalue weighted by atomic mass is 32.1. The quantitative estimate of drug-likeness (QED) is 0.442. The van der Waals surface area contributed by atoms with Crippen LogP contribution in [0, 0.1) is 5.92 Å². The molecular weight excluding hydrogens is 92.1 g/mol. The fourth-order valence-corrected chi connectivity index (χ4v) is 0.947. The minimum atomic E-state index is 0.727. The molecule has 1 heteroatoms. The third-order valence-electron chi connectivity index (χ3n) is 1.57. The van der Waals surface area contributed by atoms with Gasteiger partial charge in [-0.1, -0.05) is 6.92 Å². The molecule has 1 aliphatic carbocycles. The minimum absolute atomic E-state index is 0.727. The lowest BCUT2D eigenvalue weighted by atomic mass is 9.87. The highest BCUT2D eigenvalue weighted by Gasteiger charge is 2.21. The van der Waals surface area contributed by atoms with Gasteiger partial charge >= 0.3 is 0 Å². The van der Waals surface area contributed by atoms with Gasteiger partial charge in [0.25, 0.3) is 0 Å². The second-order valence-corrected chi connectivity index (χ2v) is 2.79. The van der Waals surface area contributed by atoms with Crippen LogP contribution in [0.1, 0.15) is 19.8 Å². The molecule has 2 atom stereocenters. The lowest BCUT2D eigenvalue weighted by Crippen LogP contribution is -2.22. The Kier molecular flexibility index (Phi) is 1.09. The van der Waals surface area contributed by atoms with Gasteiger partial charge in [-0.2, -0.15) is 12.6 Å². The van der Waals surface area contributed by atoms with E-state index in [1.807, 2.05) is 0 Å². The van der Waals surface area contributed by atoms with E-state index in [4.69, 9.17) is 0 Å². The normalized spacial score (nSPS) is 45.0. The molecule has 0 nitrogen and oxygen atoms in total. The van der Waals surface area contributed by atoms with Crippen molar-refractivity contribution in [3.63, 3.8) is 0 Å². The average molecular weight is 102 g/mol. The zero-order chi connectivity index (χ0) is 4.57. The molecule has 0 aliphatic heterocycles. The van der Waals surface area contributed by atoms with Crippen LogP contribution in [0.25, 0.3) is 0 Å². The summed E-state index contributed by atoms with van der Waals surface area (Å²) in [5.41, 5.74) is 0. The Hall–Kier alpha value is 0.350. The Balaban J connectivity index is 2.20. The molecule has 36 valence electrons. The summed E-state index contributed by atoms with van der Waals surface area (Å²) < 4.78 is 0. The van der Waals surface area contributed by atoms with E-state index >= 15 is 0 Å². The SMILES string of the molecule is C[C@@H]1CCC1S. The van der Waals surface area contributed by atoms with Crippen LogP contribution in [0.15, 0.2) is 0 Å². The number of rotatable bonds is 0. The van der Waals surface area contributed by atoms with E-state index in [1.165, 1.54) is 12.8 Å². The van der Waals surface area contributed by atoms with Gasteiger partial charge in [0.2, 0.25) is 0 Å². The van der Waals surface area contributed by atoms with Crippen molar-refractivity contribution in [2.24, 2.45) is 5.92 Å². The van der Waals surface area contributed by atoms with Crippen molar-refractivity contribution in [3.05, 3.63) is 0 Å². The Bertz CT molecular complexity index is 43.9. The van der Waals surface area contributed by atoms with Gasteiger partial charge in [0.15, 0.2) is 0 Å². The lowest BCUT2D eigenvalue weighted by molar-refractivity contribution is 0.365. The van der Waals surface area contributed by atoms with Gasteiger partial charge in [0.1, 0.15) is 0 Å². The van der Waals surface area contributed by atoms with E-state index in [0.29, 0.717) is 0 Å². The van der Waals surface area contributed by atoms with Gasteiger partial charge in [0.05, 0.1) is 0 Å². The van der Waals surface area contributed by atoms with Crippen LogP contribution in [0.4, 0.5) is 0 Å². The molecule has 0 spiro atoms. The van der Waals surface area contributed by atoms with Crippen molar-refractivity contribution < 1.29 is 0 Å². The largest absolute Gasteiger partial charge is 0.176 e. The molecule has 1 aliphatic rings. The Labute approximate surface area is 44.3 Å².